The average Bonchev–Trinajstić information content (AvgIpc) is 2.70. The summed E-state index contributed by atoms with van der Waals surface area (Å²) in [5.74, 6) is -0.160. The van der Waals surface area contributed by atoms with Crippen molar-refractivity contribution in [2.45, 2.75) is 19.4 Å². The van der Waals surface area contributed by atoms with E-state index in [9.17, 15) is 4.79 Å². The van der Waals surface area contributed by atoms with Gasteiger partial charge in [-0.05, 0) is 6.42 Å². The summed E-state index contributed by atoms with van der Waals surface area (Å²) in [6.07, 6.45) is 0.914. The van der Waals surface area contributed by atoms with Crippen LogP contribution in [0.2, 0.25) is 0 Å². The molecular formula is C8H12N4O2. The summed E-state index contributed by atoms with van der Waals surface area (Å²) in [6.45, 7) is 2.91. The van der Waals surface area contributed by atoms with E-state index in [-0.39, 0.29) is 17.7 Å². The Morgan fingerprint density at radius 3 is 2.93 bits per heavy atom. The molecule has 76 valence electrons. The number of nitrogens with zero attached hydrogens (tertiary/aromatic N) is 3. The molecule has 0 aliphatic carbocycles. The molecule has 1 aromatic rings. The van der Waals surface area contributed by atoms with Crippen LogP contribution in [-0.2, 0) is 0 Å². The van der Waals surface area contributed by atoms with Crippen molar-refractivity contribution >= 4 is 11.8 Å². The molecule has 1 atom stereocenters. The number of anilines is 1. The fraction of sp³-hybridized carbons (Fsp3) is 0.625. The van der Waals surface area contributed by atoms with Crippen LogP contribution in [0, 0.1) is 0 Å². The van der Waals surface area contributed by atoms with Crippen LogP contribution >= 0.6 is 0 Å². The van der Waals surface area contributed by atoms with E-state index < -0.39 is 0 Å². The lowest BCUT2D eigenvalue weighted by Gasteiger charge is -2.10. The number of hydrogen-bond donors (Lipinski definition) is 1. The quantitative estimate of drug-likeness (QED) is 0.660. The number of carbonyl (C=O) groups is 1. The number of ketones is 1. The van der Waals surface area contributed by atoms with Gasteiger partial charge in [0.2, 0.25) is 5.78 Å². The van der Waals surface area contributed by atoms with E-state index in [1.165, 1.54) is 6.92 Å². The van der Waals surface area contributed by atoms with Gasteiger partial charge in [-0.3, -0.25) is 4.79 Å². The van der Waals surface area contributed by atoms with Gasteiger partial charge in [-0.25, -0.2) is 0 Å². The van der Waals surface area contributed by atoms with Crippen molar-refractivity contribution in [2.75, 3.05) is 18.0 Å². The van der Waals surface area contributed by atoms with Crippen molar-refractivity contribution < 1.29 is 9.21 Å². The first kappa shape index (κ1) is 9.14. The third kappa shape index (κ3) is 1.60. The molecule has 1 aliphatic rings. The lowest BCUT2D eigenvalue weighted by Crippen LogP contribution is -2.26. The van der Waals surface area contributed by atoms with E-state index in [2.05, 4.69) is 10.2 Å². The van der Waals surface area contributed by atoms with Crippen molar-refractivity contribution in [3.8, 4) is 0 Å². The van der Waals surface area contributed by atoms with E-state index in [1.54, 1.807) is 0 Å². The first-order valence-corrected chi connectivity index (χ1v) is 4.52. The molecule has 0 saturated carbocycles. The second-order valence-corrected chi connectivity index (χ2v) is 3.44. The summed E-state index contributed by atoms with van der Waals surface area (Å²) in [7, 11) is 0. The summed E-state index contributed by atoms with van der Waals surface area (Å²) < 4.78 is 5.18. The third-order valence-electron chi connectivity index (χ3n) is 2.21. The Morgan fingerprint density at radius 2 is 2.43 bits per heavy atom. The minimum absolute atomic E-state index is 0.0560. The zero-order valence-electron chi connectivity index (χ0n) is 7.93. The molecule has 1 saturated heterocycles. The van der Waals surface area contributed by atoms with Gasteiger partial charge in [0.15, 0.2) is 0 Å². The molecule has 1 aromatic heterocycles. The predicted octanol–water partition coefficient (Wildman–Crippen LogP) is -0.190. The van der Waals surface area contributed by atoms with Gasteiger partial charge in [-0.15, -0.1) is 5.10 Å². The highest BCUT2D eigenvalue weighted by molar-refractivity contribution is 5.89. The van der Waals surface area contributed by atoms with Gasteiger partial charge >= 0.3 is 6.01 Å². The lowest BCUT2D eigenvalue weighted by atomic mass is 10.3. The van der Waals surface area contributed by atoms with Gasteiger partial charge in [0.1, 0.15) is 0 Å². The Bertz CT molecular complexity index is 349. The molecule has 0 amide bonds. The molecule has 6 nitrogen and oxygen atoms in total. The van der Waals surface area contributed by atoms with E-state index >= 15 is 0 Å². The molecule has 14 heavy (non-hydrogen) atoms. The Kier molecular flexibility index (Phi) is 2.20. The number of hydrogen-bond acceptors (Lipinski definition) is 6. The average molecular weight is 196 g/mol. The Labute approximate surface area is 81.1 Å². The second-order valence-electron chi connectivity index (χ2n) is 3.44. The smallest absolute Gasteiger partial charge is 0.318 e. The van der Waals surface area contributed by atoms with Crippen LogP contribution in [0.4, 0.5) is 6.01 Å². The summed E-state index contributed by atoms with van der Waals surface area (Å²) in [4.78, 5) is 12.8. The van der Waals surface area contributed by atoms with Crippen LogP contribution in [0.25, 0.3) is 0 Å². The standard InChI is InChI=1S/C8H12N4O2/c1-5(13)7-10-11-8(14-7)12-3-2-6(9)4-12/h6H,2-4,9H2,1H3. The monoisotopic (exact) mass is 196 g/mol. The van der Waals surface area contributed by atoms with Crippen LogP contribution in [0.3, 0.4) is 0 Å². The SMILES string of the molecule is CC(=O)c1nnc(N2CCC(N)C2)o1. The van der Waals surface area contributed by atoms with E-state index in [0.717, 1.165) is 13.0 Å². The minimum Gasteiger partial charge on any atom is -0.400 e. The molecule has 0 spiro atoms. The van der Waals surface area contributed by atoms with E-state index in [0.29, 0.717) is 12.6 Å². The lowest BCUT2D eigenvalue weighted by molar-refractivity contribution is 0.0981. The molecule has 2 heterocycles. The molecule has 2 N–H and O–H groups in total. The zero-order chi connectivity index (χ0) is 10.1. The largest absolute Gasteiger partial charge is 0.400 e. The molecule has 6 heteroatoms. The van der Waals surface area contributed by atoms with Crippen molar-refractivity contribution in [3.63, 3.8) is 0 Å². The van der Waals surface area contributed by atoms with Crippen LogP contribution in [0.15, 0.2) is 4.42 Å². The third-order valence-corrected chi connectivity index (χ3v) is 2.21. The highest BCUT2D eigenvalue weighted by Gasteiger charge is 2.24. The van der Waals surface area contributed by atoms with E-state index in [1.807, 2.05) is 4.90 Å². The first-order chi connectivity index (χ1) is 6.66. The highest BCUT2D eigenvalue weighted by atomic mass is 16.4. The summed E-state index contributed by atoms with van der Waals surface area (Å²) in [5, 5.41) is 7.42. The molecular weight excluding hydrogens is 184 g/mol. The fourth-order valence-electron chi connectivity index (χ4n) is 1.45. The summed E-state index contributed by atoms with van der Waals surface area (Å²) >= 11 is 0. The van der Waals surface area contributed by atoms with E-state index in [4.69, 9.17) is 10.2 Å². The topological polar surface area (TPSA) is 85.2 Å². The van der Waals surface area contributed by atoms with Crippen molar-refractivity contribution in [3.05, 3.63) is 5.89 Å². The first-order valence-electron chi connectivity index (χ1n) is 4.52. The highest BCUT2D eigenvalue weighted by Crippen LogP contribution is 2.17. The molecule has 0 aromatic carbocycles. The van der Waals surface area contributed by atoms with Gasteiger partial charge in [0.25, 0.3) is 5.89 Å². The van der Waals surface area contributed by atoms with Crippen molar-refractivity contribution in [1.29, 1.82) is 0 Å². The maximum absolute atomic E-state index is 10.9. The molecule has 1 fully saturated rings. The molecule has 1 unspecified atom stereocenters. The van der Waals surface area contributed by atoms with Crippen LogP contribution < -0.4 is 10.6 Å². The van der Waals surface area contributed by atoms with Gasteiger partial charge in [0.05, 0.1) is 0 Å². The Balaban J connectivity index is 2.13. The predicted molar refractivity (Wildman–Crippen MR) is 49.1 cm³/mol. The number of aromatic nitrogens is 2. The molecule has 2 rings (SSSR count). The number of nitrogens with two attached hydrogens (primary N) is 1. The number of carbonyl (C=O) groups excluding carboxylic acids is 1. The Hall–Kier alpha value is -1.43. The molecule has 1 aliphatic heterocycles. The second kappa shape index (κ2) is 3.38. The maximum atomic E-state index is 10.9. The summed E-state index contributed by atoms with van der Waals surface area (Å²) in [5.41, 5.74) is 5.73. The summed E-state index contributed by atoms with van der Waals surface area (Å²) in [6, 6.07) is 0.547. The zero-order valence-corrected chi connectivity index (χ0v) is 7.93. The van der Waals surface area contributed by atoms with Crippen LogP contribution in [-0.4, -0.2) is 35.1 Å². The minimum atomic E-state index is -0.216. The number of Topliss-reactive ketones (excluding diaryl/α,β-unsaturated/α-hetero) is 1. The van der Waals surface area contributed by atoms with Crippen LogP contribution in [0.1, 0.15) is 24.0 Å². The number of rotatable bonds is 2. The van der Waals surface area contributed by atoms with Gasteiger partial charge < -0.3 is 15.1 Å². The maximum Gasteiger partial charge on any atom is 0.318 e. The van der Waals surface area contributed by atoms with Crippen molar-refractivity contribution in [1.82, 2.24) is 10.2 Å². The van der Waals surface area contributed by atoms with Gasteiger partial charge in [-0.2, -0.15) is 0 Å². The van der Waals surface area contributed by atoms with Gasteiger partial charge in [-0.1, -0.05) is 5.10 Å². The normalized spacial score (nSPS) is 21.6. The van der Waals surface area contributed by atoms with Crippen LogP contribution in [0.5, 0.6) is 0 Å². The fourth-order valence-corrected chi connectivity index (χ4v) is 1.45. The van der Waals surface area contributed by atoms with Gasteiger partial charge in [0, 0.05) is 26.1 Å². The molecule has 0 radical (unpaired) electrons. The Morgan fingerprint density at radius 1 is 1.64 bits per heavy atom. The van der Waals surface area contributed by atoms with Crippen molar-refractivity contribution in [2.24, 2.45) is 5.73 Å². The molecule has 0 bridgehead atoms.